The summed E-state index contributed by atoms with van der Waals surface area (Å²) in [6, 6.07) is 7.33. The van der Waals surface area contributed by atoms with Crippen LogP contribution >= 0.6 is 28.3 Å². The first kappa shape index (κ1) is 18.9. The molecule has 0 saturated carbocycles. The molecule has 0 radical (unpaired) electrons. The van der Waals surface area contributed by atoms with Gasteiger partial charge in [-0.25, -0.2) is 0 Å². The number of carbonyl (C=O) groups is 2. The van der Waals surface area contributed by atoms with Gasteiger partial charge in [-0.15, -0.1) is 12.4 Å². The van der Waals surface area contributed by atoms with Gasteiger partial charge in [-0.1, -0.05) is 15.9 Å². The quantitative estimate of drug-likeness (QED) is 0.825. The SMILES string of the molecule is Cl.NC1CCN(C(=O)CCNC(=O)c2ccc(Br)cc2)CC1. The molecule has 7 heteroatoms. The number of likely N-dealkylation sites (tertiary alicyclic amines) is 1. The fourth-order valence-electron chi connectivity index (χ4n) is 2.29. The summed E-state index contributed by atoms with van der Waals surface area (Å²) in [5.41, 5.74) is 6.41. The average Bonchev–Trinajstić information content (AvgIpc) is 2.48. The molecule has 22 heavy (non-hydrogen) atoms. The lowest BCUT2D eigenvalue weighted by Gasteiger charge is -2.30. The molecule has 1 fully saturated rings. The number of rotatable bonds is 4. The molecule has 1 aromatic rings. The van der Waals surface area contributed by atoms with Crippen molar-refractivity contribution in [2.24, 2.45) is 5.73 Å². The molecule has 2 rings (SSSR count). The summed E-state index contributed by atoms with van der Waals surface area (Å²) in [4.78, 5) is 25.7. The van der Waals surface area contributed by atoms with Gasteiger partial charge < -0.3 is 16.0 Å². The van der Waals surface area contributed by atoms with Gasteiger partial charge in [0.15, 0.2) is 0 Å². The van der Waals surface area contributed by atoms with Gasteiger partial charge in [0.1, 0.15) is 0 Å². The molecule has 0 aromatic heterocycles. The number of halogens is 2. The lowest BCUT2D eigenvalue weighted by Crippen LogP contribution is -2.43. The maximum absolute atomic E-state index is 12.0. The van der Waals surface area contributed by atoms with Gasteiger partial charge in [-0.05, 0) is 37.1 Å². The number of benzene rings is 1. The highest BCUT2D eigenvalue weighted by atomic mass is 79.9. The van der Waals surface area contributed by atoms with Crippen LogP contribution in [-0.2, 0) is 4.79 Å². The van der Waals surface area contributed by atoms with Crippen molar-refractivity contribution in [3.8, 4) is 0 Å². The fourth-order valence-corrected chi connectivity index (χ4v) is 2.56. The van der Waals surface area contributed by atoms with Crippen LogP contribution in [0, 0.1) is 0 Å². The summed E-state index contributed by atoms with van der Waals surface area (Å²) in [6.45, 7) is 1.80. The Labute approximate surface area is 145 Å². The third kappa shape index (κ3) is 5.59. The van der Waals surface area contributed by atoms with Crippen molar-refractivity contribution in [1.82, 2.24) is 10.2 Å². The van der Waals surface area contributed by atoms with E-state index in [0.717, 1.165) is 30.4 Å². The first-order chi connectivity index (χ1) is 10.1. The van der Waals surface area contributed by atoms with Crippen molar-refractivity contribution >= 4 is 40.2 Å². The van der Waals surface area contributed by atoms with Crippen molar-refractivity contribution in [2.75, 3.05) is 19.6 Å². The number of hydrogen-bond acceptors (Lipinski definition) is 3. The average molecular weight is 391 g/mol. The molecule has 1 saturated heterocycles. The Balaban J connectivity index is 0.00000242. The number of nitrogens with zero attached hydrogens (tertiary/aromatic N) is 1. The first-order valence-corrected chi connectivity index (χ1v) is 7.92. The lowest BCUT2D eigenvalue weighted by molar-refractivity contribution is -0.132. The fraction of sp³-hybridized carbons (Fsp3) is 0.467. The van der Waals surface area contributed by atoms with E-state index in [1.165, 1.54) is 0 Å². The smallest absolute Gasteiger partial charge is 0.251 e. The number of amides is 2. The molecule has 0 unspecified atom stereocenters. The van der Waals surface area contributed by atoms with Crippen LogP contribution in [0.25, 0.3) is 0 Å². The normalized spacial score (nSPS) is 15.1. The van der Waals surface area contributed by atoms with Crippen LogP contribution in [0.3, 0.4) is 0 Å². The lowest BCUT2D eigenvalue weighted by atomic mass is 10.1. The highest BCUT2D eigenvalue weighted by molar-refractivity contribution is 9.10. The Morgan fingerprint density at radius 1 is 1.23 bits per heavy atom. The van der Waals surface area contributed by atoms with E-state index < -0.39 is 0 Å². The van der Waals surface area contributed by atoms with Gasteiger partial charge in [0, 0.05) is 42.1 Å². The van der Waals surface area contributed by atoms with E-state index in [2.05, 4.69) is 21.2 Å². The minimum Gasteiger partial charge on any atom is -0.352 e. The third-order valence-electron chi connectivity index (χ3n) is 3.62. The predicted octanol–water partition coefficient (Wildman–Crippen LogP) is 1.94. The van der Waals surface area contributed by atoms with E-state index in [1.54, 1.807) is 12.1 Å². The van der Waals surface area contributed by atoms with Crippen molar-refractivity contribution in [3.63, 3.8) is 0 Å². The predicted molar refractivity (Wildman–Crippen MR) is 92.1 cm³/mol. The molecular weight excluding hydrogens is 370 g/mol. The van der Waals surface area contributed by atoms with Crippen molar-refractivity contribution in [3.05, 3.63) is 34.3 Å². The van der Waals surface area contributed by atoms with E-state index in [9.17, 15) is 9.59 Å². The first-order valence-electron chi connectivity index (χ1n) is 7.13. The maximum Gasteiger partial charge on any atom is 0.251 e. The van der Waals surface area contributed by atoms with E-state index in [4.69, 9.17) is 5.73 Å². The highest BCUT2D eigenvalue weighted by Crippen LogP contribution is 2.11. The number of nitrogens with one attached hydrogen (secondary N) is 1. The zero-order chi connectivity index (χ0) is 15.2. The summed E-state index contributed by atoms with van der Waals surface area (Å²) in [7, 11) is 0. The number of hydrogen-bond donors (Lipinski definition) is 2. The van der Waals surface area contributed by atoms with Gasteiger partial charge in [0.05, 0.1) is 0 Å². The Hall–Kier alpha value is -1.11. The summed E-state index contributed by atoms with van der Waals surface area (Å²) >= 11 is 3.32. The van der Waals surface area contributed by atoms with Gasteiger partial charge >= 0.3 is 0 Å². The maximum atomic E-state index is 12.0. The molecular formula is C15H21BrClN3O2. The van der Waals surface area contributed by atoms with Crippen LogP contribution < -0.4 is 11.1 Å². The molecule has 1 aliphatic rings. The van der Waals surface area contributed by atoms with Crippen molar-refractivity contribution < 1.29 is 9.59 Å². The van der Waals surface area contributed by atoms with E-state index >= 15 is 0 Å². The van der Waals surface area contributed by atoms with E-state index in [0.29, 0.717) is 18.5 Å². The summed E-state index contributed by atoms with van der Waals surface area (Å²) in [5.74, 6) is -0.0750. The minimum atomic E-state index is -0.157. The standard InChI is InChI=1S/C15H20BrN3O2.ClH/c16-12-3-1-11(2-4-12)15(21)18-8-5-14(20)19-9-6-13(17)7-10-19;/h1-4,13H,5-10,17H2,(H,18,21);1H. The van der Waals surface area contributed by atoms with Crippen LogP contribution in [0.2, 0.25) is 0 Å². The molecule has 1 heterocycles. The van der Waals surface area contributed by atoms with Gasteiger partial charge in [-0.2, -0.15) is 0 Å². The molecule has 1 aliphatic heterocycles. The van der Waals surface area contributed by atoms with Gasteiger partial charge in [0.25, 0.3) is 5.91 Å². The highest BCUT2D eigenvalue weighted by Gasteiger charge is 2.20. The summed E-state index contributed by atoms with van der Waals surface area (Å²) < 4.78 is 0.928. The van der Waals surface area contributed by atoms with Crippen LogP contribution in [0.4, 0.5) is 0 Å². The van der Waals surface area contributed by atoms with Gasteiger partial charge in [-0.3, -0.25) is 9.59 Å². The second kappa shape index (κ2) is 9.12. The van der Waals surface area contributed by atoms with Crippen LogP contribution in [0.15, 0.2) is 28.7 Å². The Bertz CT molecular complexity index is 502. The molecule has 2 amide bonds. The Morgan fingerprint density at radius 2 is 1.82 bits per heavy atom. The molecule has 0 aliphatic carbocycles. The minimum absolute atomic E-state index is 0. The number of nitrogens with two attached hydrogens (primary N) is 1. The number of carbonyl (C=O) groups excluding carboxylic acids is 2. The monoisotopic (exact) mass is 389 g/mol. The molecule has 0 spiro atoms. The van der Waals surface area contributed by atoms with E-state index in [1.807, 2.05) is 17.0 Å². The van der Waals surface area contributed by atoms with Crippen molar-refractivity contribution in [2.45, 2.75) is 25.3 Å². The Kier molecular flexibility index (Phi) is 7.85. The molecule has 5 nitrogen and oxygen atoms in total. The van der Waals surface area contributed by atoms with Gasteiger partial charge in [0.2, 0.25) is 5.91 Å². The largest absolute Gasteiger partial charge is 0.352 e. The van der Waals surface area contributed by atoms with Crippen LogP contribution in [0.5, 0.6) is 0 Å². The number of piperidine rings is 1. The second-order valence-corrected chi connectivity index (χ2v) is 6.15. The Morgan fingerprint density at radius 3 is 2.41 bits per heavy atom. The van der Waals surface area contributed by atoms with Crippen LogP contribution in [-0.4, -0.2) is 42.4 Å². The molecule has 122 valence electrons. The van der Waals surface area contributed by atoms with Crippen LogP contribution in [0.1, 0.15) is 29.6 Å². The zero-order valence-electron chi connectivity index (χ0n) is 12.3. The molecule has 0 bridgehead atoms. The molecule has 0 atom stereocenters. The second-order valence-electron chi connectivity index (χ2n) is 5.23. The summed E-state index contributed by atoms with van der Waals surface area (Å²) in [6.07, 6.45) is 2.05. The summed E-state index contributed by atoms with van der Waals surface area (Å²) in [5, 5.41) is 2.77. The zero-order valence-corrected chi connectivity index (χ0v) is 14.7. The van der Waals surface area contributed by atoms with Crippen molar-refractivity contribution in [1.29, 1.82) is 0 Å². The third-order valence-corrected chi connectivity index (χ3v) is 4.15. The topological polar surface area (TPSA) is 75.4 Å². The van der Waals surface area contributed by atoms with E-state index in [-0.39, 0.29) is 30.3 Å². The molecule has 1 aromatic carbocycles. The molecule has 3 N–H and O–H groups in total.